The summed E-state index contributed by atoms with van der Waals surface area (Å²) in [7, 11) is -2.09. The van der Waals surface area contributed by atoms with E-state index in [1.165, 1.54) is 110 Å². The molecule has 228 valence electrons. The summed E-state index contributed by atoms with van der Waals surface area (Å²) in [5, 5.41) is 12.8. The third-order valence-electron chi connectivity index (χ3n) is 11.1. The molecule has 0 atom stereocenters. The topological polar surface area (TPSA) is 35.6 Å². The van der Waals surface area contributed by atoms with Crippen LogP contribution >= 0.6 is 0 Å². The molecule has 2 aromatic heterocycles. The zero-order chi connectivity index (χ0) is 29.9. The Balaban J connectivity index is 1.19. The Kier molecular flexibility index (Phi) is 8.82. The van der Waals surface area contributed by atoms with Gasteiger partial charge in [0.15, 0.2) is 8.07 Å². The molecule has 2 fully saturated rings. The SMILES string of the molecule is CC1(CCc2ccccc2-n2ccc([Si](C)(C)c3ccn(-c4ccccc4CCC4(C)CCCCC4)n3)n2)CCCCC1. The number of hydrogen-bond acceptors (Lipinski definition) is 2. The zero-order valence-electron chi connectivity index (χ0n) is 27.1. The van der Waals surface area contributed by atoms with Crippen molar-refractivity contribution in [3.8, 4) is 11.4 Å². The molecule has 2 aromatic carbocycles. The minimum absolute atomic E-state index is 0.487. The second-order valence-electron chi connectivity index (χ2n) is 14.9. The van der Waals surface area contributed by atoms with Crippen molar-refractivity contribution >= 4 is 18.7 Å². The fourth-order valence-electron chi connectivity index (χ4n) is 7.79. The van der Waals surface area contributed by atoms with Crippen molar-refractivity contribution in [3.63, 3.8) is 0 Å². The predicted molar refractivity (Wildman–Crippen MR) is 183 cm³/mol. The van der Waals surface area contributed by atoms with E-state index in [0.29, 0.717) is 10.8 Å². The number of aromatic nitrogens is 4. The van der Waals surface area contributed by atoms with Crippen LogP contribution in [-0.2, 0) is 12.8 Å². The molecule has 2 aliphatic rings. The molecular formula is C38H52N4Si. The summed E-state index contributed by atoms with van der Waals surface area (Å²) in [5.74, 6) is 0. The van der Waals surface area contributed by atoms with Crippen LogP contribution in [0.5, 0.6) is 0 Å². The van der Waals surface area contributed by atoms with Gasteiger partial charge in [-0.1, -0.05) is 102 Å². The van der Waals surface area contributed by atoms with E-state index in [1.807, 2.05) is 0 Å². The van der Waals surface area contributed by atoms with Gasteiger partial charge in [0.1, 0.15) is 0 Å². The standard InChI is InChI=1S/C38H52N4Si/c1-37(23-11-5-12-24-37)27-19-31-15-7-9-17-33(31)41-29-21-35(39-41)43(3,4)36-22-30-42(40-36)34-18-10-8-16-32(34)20-28-38(2)25-13-6-14-26-38/h7-10,15-18,21-22,29-30H,5-6,11-14,19-20,23-28H2,1-4H3. The van der Waals surface area contributed by atoms with Crippen molar-refractivity contribution in [3.05, 3.63) is 84.2 Å². The highest BCUT2D eigenvalue weighted by molar-refractivity contribution is 6.99. The Bertz CT molecular complexity index is 1390. The van der Waals surface area contributed by atoms with Crippen molar-refractivity contribution in [2.45, 2.75) is 117 Å². The van der Waals surface area contributed by atoms with Gasteiger partial charge < -0.3 is 0 Å². The van der Waals surface area contributed by atoms with Gasteiger partial charge in [-0.3, -0.25) is 0 Å². The molecule has 0 aliphatic heterocycles. The summed E-state index contributed by atoms with van der Waals surface area (Å²) in [4.78, 5) is 0. The first kappa shape index (κ1) is 30.1. The quantitative estimate of drug-likeness (QED) is 0.173. The second kappa shape index (κ2) is 12.6. The van der Waals surface area contributed by atoms with Crippen LogP contribution in [0.2, 0.25) is 13.1 Å². The number of rotatable bonds is 10. The van der Waals surface area contributed by atoms with Gasteiger partial charge in [-0.15, -0.1) is 0 Å². The van der Waals surface area contributed by atoms with Gasteiger partial charge in [-0.05, 0) is 97.6 Å². The summed E-state index contributed by atoms with van der Waals surface area (Å²) in [6.45, 7) is 9.78. The molecule has 5 heteroatoms. The Morgan fingerprint density at radius 2 is 0.977 bits per heavy atom. The largest absolute Gasteiger partial charge is 0.241 e. The van der Waals surface area contributed by atoms with Crippen LogP contribution in [-0.4, -0.2) is 27.6 Å². The lowest BCUT2D eigenvalue weighted by molar-refractivity contribution is 0.199. The van der Waals surface area contributed by atoms with Crippen LogP contribution < -0.4 is 10.6 Å². The van der Waals surface area contributed by atoms with Gasteiger partial charge in [0, 0.05) is 12.4 Å². The van der Waals surface area contributed by atoms with E-state index >= 15 is 0 Å². The smallest absolute Gasteiger partial charge is 0.163 e. The third-order valence-corrected chi connectivity index (χ3v) is 14.1. The van der Waals surface area contributed by atoms with Crippen LogP contribution in [0.25, 0.3) is 11.4 Å². The van der Waals surface area contributed by atoms with Crippen LogP contribution in [0, 0.1) is 10.8 Å². The Labute approximate surface area is 260 Å². The normalized spacial score (nSPS) is 18.5. The fourth-order valence-corrected chi connectivity index (χ4v) is 9.75. The first-order valence-corrected chi connectivity index (χ1v) is 20.0. The molecule has 4 aromatic rings. The van der Waals surface area contributed by atoms with Crippen molar-refractivity contribution in [2.75, 3.05) is 0 Å². The fraction of sp³-hybridized carbons (Fsp3) is 0.526. The molecule has 0 N–H and O–H groups in total. The van der Waals surface area contributed by atoms with Gasteiger partial charge in [0.2, 0.25) is 0 Å². The van der Waals surface area contributed by atoms with Crippen molar-refractivity contribution in [1.29, 1.82) is 0 Å². The maximum atomic E-state index is 5.22. The average Bonchev–Trinajstić information content (AvgIpc) is 3.72. The van der Waals surface area contributed by atoms with Gasteiger partial charge in [-0.25, -0.2) is 9.36 Å². The molecule has 2 saturated carbocycles. The van der Waals surface area contributed by atoms with Crippen molar-refractivity contribution in [1.82, 2.24) is 19.6 Å². The lowest BCUT2D eigenvalue weighted by Gasteiger charge is -2.33. The molecule has 6 rings (SSSR count). The van der Waals surface area contributed by atoms with Crippen LogP contribution in [0.4, 0.5) is 0 Å². The first-order valence-electron chi connectivity index (χ1n) is 17.0. The van der Waals surface area contributed by atoms with E-state index in [2.05, 4.69) is 109 Å². The molecule has 0 saturated heterocycles. The molecule has 4 nitrogen and oxygen atoms in total. The van der Waals surface area contributed by atoms with Gasteiger partial charge in [0.05, 0.1) is 22.0 Å². The van der Waals surface area contributed by atoms with E-state index in [1.54, 1.807) is 0 Å². The minimum Gasteiger partial charge on any atom is -0.241 e. The summed E-state index contributed by atoms with van der Waals surface area (Å²) in [6, 6.07) is 22.2. The maximum absolute atomic E-state index is 5.22. The van der Waals surface area contributed by atoms with Crippen molar-refractivity contribution < 1.29 is 0 Å². The van der Waals surface area contributed by atoms with Crippen LogP contribution in [0.15, 0.2) is 73.1 Å². The van der Waals surface area contributed by atoms with E-state index < -0.39 is 8.07 Å². The summed E-state index contributed by atoms with van der Waals surface area (Å²) >= 11 is 0. The summed E-state index contributed by atoms with van der Waals surface area (Å²) < 4.78 is 4.25. The minimum atomic E-state index is -2.09. The maximum Gasteiger partial charge on any atom is 0.163 e. The summed E-state index contributed by atoms with van der Waals surface area (Å²) in [5.41, 5.74) is 6.24. The first-order chi connectivity index (χ1) is 20.7. The number of benzene rings is 2. The summed E-state index contributed by atoms with van der Waals surface area (Å²) in [6.07, 6.45) is 23.0. The number of aryl methyl sites for hydroxylation is 2. The molecule has 0 bridgehead atoms. The molecule has 0 radical (unpaired) electrons. The van der Waals surface area contributed by atoms with Gasteiger partial charge in [-0.2, -0.15) is 10.2 Å². The number of nitrogens with zero attached hydrogens (tertiary/aromatic N) is 4. The Morgan fingerprint density at radius 3 is 1.40 bits per heavy atom. The molecule has 43 heavy (non-hydrogen) atoms. The lowest BCUT2D eigenvalue weighted by atomic mass is 9.72. The number of hydrogen-bond donors (Lipinski definition) is 0. The van der Waals surface area contributed by atoms with Gasteiger partial charge in [0.25, 0.3) is 0 Å². The molecule has 0 unspecified atom stereocenters. The highest BCUT2D eigenvalue weighted by atomic mass is 28.3. The Morgan fingerprint density at radius 1 is 0.581 bits per heavy atom. The molecule has 2 heterocycles. The van der Waals surface area contributed by atoms with Crippen molar-refractivity contribution in [2.24, 2.45) is 10.8 Å². The average molecular weight is 593 g/mol. The predicted octanol–water partition coefficient (Wildman–Crippen LogP) is 8.69. The highest BCUT2D eigenvalue weighted by Crippen LogP contribution is 2.41. The van der Waals surface area contributed by atoms with Crippen LogP contribution in [0.1, 0.15) is 102 Å². The zero-order valence-corrected chi connectivity index (χ0v) is 28.1. The molecule has 0 amide bonds. The van der Waals surface area contributed by atoms with E-state index in [0.717, 1.165) is 12.8 Å². The monoisotopic (exact) mass is 592 g/mol. The van der Waals surface area contributed by atoms with E-state index in [4.69, 9.17) is 10.2 Å². The van der Waals surface area contributed by atoms with E-state index in [9.17, 15) is 0 Å². The van der Waals surface area contributed by atoms with Crippen LogP contribution in [0.3, 0.4) is 0 Å². The molecule has 2 aliphatic carbocycles. The third kappa shape index (κ3) is 6.77. The molecule has 0 spiro atoms. The van der Waals surface area contributed by atoms with Gasteiger partial charge >= 0.3 is 0 Å². The Hall–Kier alpha value is -2.92. The molecular weight excluding hydrogens is 541 g/mol. The lowest BCUT2D eigenvalue weighted by Crippen LogP contribution is -2.54. The van der Waals surface area contributed by atoms with E-state index in [-0.39, 0.29) is 0 Å². The number of para-hydroxylation sites is 2. The second-order valence-corrected chi connectivity index (χ2v) is 19.2. The highest BCUT2D eigenvalue weighted by Gasteiger charge is 2.33.